The molecule has 0 bridgehead atoms. The molecule has 0 saturated carbocycles. The Morgan fingerprint density at radius 1 is 1.16 bits per heavy atom. The predicted molar refractivity (Wildman–Crippen MR) is 102 cm³/mol. The molecule has 0 aromatic carbocycles. The number of hydrogen-bond acceptors (Lipinski definition) is 4. The Hall–Kier alpha value is -1.41. The number of quaternary nitrogens is 1. The van der Waals surface area contributed by atoms with Crippen LogP contribution in [0.25, 0.3) is 0 Å². The highest BCUT2D eigenvalue weighted by molar-refractivity contribution is 7.16. The Bertz CT molecular complexity index is 724. The molecule has 5 nitrogen and oxygen atoms in total. The molecule has 1 atom stereocenters. The molecular formula is C17H21ClN3O2S2+. The topological polar surface area (TPSA) is 45.1 Å². The van der Waals surface area contributed by atoms with Gasteiger partial charge < -0.3 is 14.7 Å². The van der Waals surface area contributed by atoms with Crippen molar-refractivity contribution in [3.63, 3.8) is 0 Å². The van der Waals surface area contributed by atoms with E-state index >= 15 is 0 Å². The van der Waals surface area contributed by atoms with E-state index < -0.39 is 0 Å². The maximum atomic E-state index is 12.5. The van der Waals surface area contributed by atoms with E-state index in [1.807, 2.05) is 46.5 Å². The van der Waals surface area contributed by atoms with E-state index in [2.05, 4.69) is 0 Å². The molecule has 0 aliphatic carbocycles. The number of rotatable bonds is 5. The molecule has 1 aliphatic rings. The van der Waals surface area contributed by atoms with Gasteiger partial charge in [0.05, 0.1) is 21.1 Å². The fraction of sp³-hybridized carbons (Fsp3) is 0.412. The highest BCUT2D eigenvalue weighted by Gasteiger charge is 2.26. The van der Waals surface area contributed by atoms with Crippen LogP contribution < -0.4 is 4.90 Å². The summed E-state index contributed by atoms with van der Waals surface area (Å²) in [7, 11) is 2.02. The van der Waals surface area contributed by atoms with E-state index in [9.17, 15) is 9.59 Å². The first-order valence-electron chi connectivity index (χ1n) is 8.19. The molecule has 0 spiro atoms. The van der Waals surface area contributed by atoms with Gasteiger partial charge >= 0.3 is 0 Å². The number of likely N-dealkylation sites (N-methyl/N-ethyl adjacent to an activating group) is 1. The van der Waals surface area contributed by atoms with Crippen molar-refractivity contribution in [1.82, 2.24) is 9.80 Å². The van der Waals surface area contributed by atoms with E-state index in [1.165, 1.54) is 16.2 Å². The van der Waals surface area contributed by atoms with E-state index in [0.717, 1.165) is 20.7 Å². The van der Waals surface area contributed by atoms with Crippen molar-refractivity contribution in [2.75, 3.05) is 39.8 Å². The summed E-state index contributed by atoms with van der Waals surface area (Å²) in [6, 6.07) is 7.63. The smallest absolute Gasteiger partial charge is 0.277 e. The second kappa shape index (κ2) is 8.31. The lowest BCUT2D eigenvalue weighted by Crippen LogP contribution is -3.08. The zero-order chi connectivity index (χ0) is 17.8. The largest absolute Gasteiger partial charge is 0.334 e. The summed E-state index contributed by atoms with van der Waals surface area (Å²) in [5, 5.41) is 1.91. The second-order valence-electron chi connectivity index (χ2n) is 6.17. The fourth-order valence-corrected chi connectivity index (χ4v) is 4.78. The summed E-state index contributed by atoms with van der Waals surface area (Å²) in [5.41, 5.74) is 0. The van der Waals surface area contributed by atoms with Gasteiger partial charge in [0.25, 0.3) is 11.8 Å². The number of nitrogens with zero attached hydrogens (tertiary/aromatic N) is 2. The van der Waals surface area contributed by atoms with Crippen LogP contribution in [0.15, 0.2) is 29.6 Å². The lowest BCUT2D eigenvalue weighted by molar-refractivity contribution is -0.885. The van der Waals surface area contributed by atoms with Gasteiger partial charge in [-0.25, -0.2) is 0 Å². The van der Waals surface area contributed by atoms with Gasteiger partial charge in [0.1, 0.15) is 6.54 Å². The van der Waals surface area contributed by atoms with E-state index in [0.29, 0.717) is 32.7 Å². The van der Waals surface area contributed by atoms with Crippen LogP contribution in [0.5, 0.6) is 0 Å². The van der Waals surface area contributed by atoms with Crippen molar-refractivity contribution in [2.24, 2.45) is 0 Å². The van der Waals surface area contributed by atoms with Crippen molar-refractivity contribution in [1.29, 1.82) is 0 Å². The first-order chi connectivity index (χ1) is 12.0. The normalized spacial score (nSPS) is 16.1. The van der Waals surface area contributed by atoms with Gasteiger partial charge in [-0.05, 0) is 23.6 Å². The monoisotopic (exact) mass is 398 g/mol. The Kier molecular flexibility index (Phi) is 6.11. The van der Waals surface area contributed by atoms with Gasteiger partial charge in [-0.2, -0.15) is 0 Å². The summed E-state index contributed by atoms with van der Waals surface area (Å²) in [5.74, 6) is 0.211. The highest BCUT2D eigenvalue weighted by Crippen LogP contribution is 2.20. The molecule has 1 aliphatic heterocycles. The first-order valence-corrected chi connectivity index (χ1v) is 10.3. The zero-order valence-corrected chi connectivity index (χ0v) is 16.4. The Morgan fingerprint density at radius 3 is 2.48 bits per heavy atom. The van der Waals surface area contributed by atoms with Crippen molar-refractivity contribution in [3.8, 4) is 0 Å². The minimum Gasteiger partial charge on any atom is -0.334 e. The third-order valence-electron chi connectivity index (χ3n) is 4.21. The van der Waals surface area contributed by atoms with Crippen LogP contribution in [0.3, 0.4) is 0 Å². The zero-order valence-electron chi connectivity index (χ0n) is 14.0. The van der Waals surface area contributed by atoms with Crippen LogP contribution in [0, 0.1) is 0 Å². The number of amides is 2. The first kappa shape index (κ1) is 18.4. The fourth-order valence-electron chi connectivity index (χ4n) is 2.89. The molecule has 3 heterocycles. The Balaban J connectivity index is 1.45. The van der Waals surface area contributed by atoms with Gasteiger partial charge in [0, 0.05) is 26.2 Å². The number of halogens is 1. The average Bonchev–Trinajstić information content (AvgIpc) is 3.26. The molecule has 134 valence electrons. The summed E-state index contributed by atoms with van der Waals surface area (Å²) in [6.07, 6.45) is 0. The Morgan fingerprint density at radius 2 is 1.88 bits per heavy atom. The van der Waals surface area contributed by atoms with Crippen molar-refractivity contribution in [2.45, 2.75) is 6.54 Å². The number of hydrogen-bond donors (Lipinski definition) is 1. The molecule has 1 saturated heterocycles. The summed E-state index contributed by atoms with van der Waals surface area (Å²) in [4.78, 5) is 31.6. The number of thiophene rings is 2. The quantitative estimate of drug-likeness (QED) is 0.828. The molecule has 3 rings (SSSR count). The second-order valence-corrected chi connectivity index (χ2v) is 8.91. The van der Waals surface area contributed by atoms with Crippen LogP contribution in [0.1, 0.15) is 14.5 Å². The lowest BCUT2D eigenvalue weighted by atomic mass is 10.2. The highest BCUT2D eigenvalue weighted by atomic mass is 35.5. The minimum atomic E-state index is 0.0689. The maximum absolute atomic E-state index is 12.5. The molecule has 2 aromatic rings. The Labute approximate surface area is 160 Å². The number of carbonyl (C=O) groups is 2. The summed E-state index contributed by atoms with van der Waals surface area (Å²) >= 11 is 8.97. The molecule has 2 aromatic heterocycles. The predicted octanol–water partition coefficient (Wildman–Crippen LogP) is 1.46. The summed E-state index contributed by atoms with van der Waals surface area (Å²) in [6.45, 7) is 3.65. The van der Waals surface area contributed by atoms with Crippen LogP contribution in [-0.2, 0) is 11.3 Å². The third kappa shape index (κ3) is 4.82. The van der Waals surface area contributed by atoms with Crippen molar-refractivity contribution < 1.29 is 14.5 Å². The van der Waals surface area contributed by atoms with Gasteiger partial charge in [-0.3, -0.25) is 9.59 Å². The minimum absolute atomic E-state index is 0.0689. The molecule has 0 radical (unpaired) electrons. The van der Waals surface area contributed by atoms with E-state index in [1.54, 1.807) is 11.3 Å². The molecule has 1 unspecified atom stereocenters. The molecular weight excluding hydrogens is 378 g/mol. The summed E-state index contributed by atoms with van der Waals surface area (Å²) < 4.78 is 0.778. The van der Waals surface area contributed by atoms with Gasteiger partial charge in [0.2, 0.25) is 0 Å². The van der Waals surface area contributed by atoms with Gasteiger partial charge in [0.15, 0.2) is 6.54 Å². The van der Waals surface area contributed by atoms with Crippen LogP contribution in [0.4, 0.5) is 0 Å². The number of carbonyl (C=O) groups excluding carboxylic acids is 2. The molecule has 1 N–H and O–H groups in total. The van der Waals surface area contributed by atoms with Crippen molar-refractivity contribution >= 4 is 46.1 Å². The van der Waals surface area contributed by atoms with Crippen LogP contribution in [-0.4, -0.2) is 61.4 Å². The van der Waals surface area contributed by atoms with Gasteiger partial charge in [-0.1, -0.05) is 17.7 Å². The van der Waals surface area contributed by atoms with Crippen LogP contribution in [0.2, 0.25) is 4.34 Å². The average molecular weight is 399 g/mol. The van der Waals surface area contributed by atoms with Crippen molar-refractivity contribution in [3.05, 3.63) is 43.7 Å². The van der Waals surface area contributed by atoms with E-state index in [-0.39, 0.29) is 11.8 Å². The molecule has 8 heteroatoms. The molecule has 25 heavy (non-hydrogen) atoms. The SMILES string of the molecule is C[NH+](CC(=O)N1CCN(C(=O)c2cccs2)CC1)Cc1ccc(Cl)s1. The standard InChI is InChI=1S/C17H20ClN3O2S2/c1-19(11-13-4-5-15(18)25-13)12-16(22)20-6-8-21(9-7-20)17(23)14-3-2-10-24-14/h2-5,10H,6-9,11-12H2,1H3/p+1. The van der Waals surface area contributed by atoms with Crippen LogP contribution >= 0.6 is 34.3 Å². The molecule has 1 fully saturated rings. The maximum Gasteiger partial charge on any atom is 0.277 e. The lowest BCUT2D eigenvalue weighted by Gasteiger charge is -2.34. The number of piperazine rings is 1. The number of nitrogens with one attached hydrogen (secondary N) is 1. The third-order valence-corrected chi connectivity index (χ3v) is 6.30. The van der Waals surface area contributed by atoms with Gasteiger partial charge in [-0.15, -0.1) is 22.7 Å². The molecule has 2 amide bonds. The van der Waals surface area contributed by atoms with E-state index in [4.69, 9.17) is 11.6 Å².